The van der Waals surface area contributed by atoms with Gasteiger partial charge in [-0.2, -0.15) is 0 Å². The van der Waals surface area contributed by atoms with Gasteiger partial charge in [0.15, 0.2) is 6.10 Å². The van der Waals surface area contributed by atoms with E-state index >= 15 is 0 Å². The van der Waals surface area contributed by atoms with Crippen molar-refractivity contribution in [1.82, 2.24) is 0 Å². The number of esters is 2. The zero-order chi connectivity index (χ0) is 12.0. The van der Waals surface area contributed by atoms with Gasteiger partial charge in [-0.15, -0.1) is 0 Å². The van der Waals surface area contributed by atoms with Crippen molar-refractivity contribution in [1.29, 1.82) is 0 Å². The Morgan fingerprint density at radius 3 is 2.81 bits per heavy atom. The highest BCUT2D eigenvalue weighted by molar-refractivity contribution is 5.84. The maximum Gasteiger partial charge on any atom is 0.349 e. The summed E-state index contributed by atoms with van der Waals surface area (Å²) in [5.74, 6) is -1.35. The van der Waals surface area contributed by atoms with E-state index in [0.29, 0.717) is 13.2 Å². The molecule has 1 saturated heterocycles. The summed E-state index contributed by atoms with van der Waals surface area (Å²) < 4.78 is 19.7. The molecule has 1 heterocycles. The van der Waals surface area contributed by atoms with E-state index in [1.54, 1.807) is 0 Å². The SMILES string of the molecule is C=CC(=O)OC(C)C(=O)OC1COCCO1. The zero-order valence-corrected chi connectivity index (χ0v) is 9.01. The second kappa shape index (κ2) is 6.24. The summed E-state index contributed by atoms with van der Waals surface area (Å²) in [6.07, 6.45) is -0.744. The van der Waals surface area contributed by atoms with Gasteiger partial charge in [0.25, 0.3) is 0 Å². The van der Waals surface area contributed by atoms with Gasteiger partial charge < -0.3 is 18.9 Å². The number of hydrogen-bond donors (Lipinski definition) is 0. The van der Waals surface area contributed by atoms with Crippen LogP contribution in [-0.4, -0.2) is 44.2 Å². The molecule has 0 amide bonds. The highest BCUT2D eigenvalue weighted by Gasteiger charge is 2.24. The fourth-order valence-electron chi connectivity index (χ4n) is 1.03. The maximum absolute atomic E-state index is 11.4. The summed E-state index contributed by atoms with van der Waals surface area (Å²) in [4.78, 5) is 22.2. The summed E-state index contributed by atoms with van der Waals surface area (Å²) in [5.41, 5.74) is 0. The first kappa shape index (κ1) is 12.7. The van der Waals surface area contributed by atoms with Gasteiger partial charge in [-0.3, -0.25) is 0 Å². The Kier molecular flexibility index (Phi) is 4.94. The lowest BCUT2D eigenvalue weighted by molar-refractivity contribution is -0.220. The van der Waals surface area contributed by atoms with Crippen molar-refractivity contribution in [3.63, 3.8) is 0 Å². The van der Waals surface area contributed by atoms with E-state index in [1.165, 1.54) is 6.92 Å². The van der Waals surface area contributed by atoms with E-state index in [1.807, 2.05) is 0 Å². The predicted molar refractivity (Wildman–Crippen MR) is 52.4 cm³/mol. The first-order valence-electron chi connectivity index (χ1n) is 4.86. The van der Waals surface area contributed by atoms with Crippen molar-refractivity contribution in [3.8, 4) is 0 Å². The molecule has 16 heavy (non-hydrogen) atoms. The van der Waals surface area contributed by atoms with Gasteiger partial charge in [-0.05, 0) is 6.92 Å². The topological polar surface area (TPSA) is 71.1 Å². The van der Waals surface area contributed by atoms with Gasteiger partial charge in [0.05, 0.1) is 13.2 Å². The summed E-state index contributed by atoms with van der Waals surface area (Å²) >= 11 is 0. The highest BCUT2D eigenvalue weighted by Crippen LogP contribution is 2.05. The molecule has 6 nitrogen and oxygen atoms in total. The Morgan fingerprint density at radius 2 is 2.25 bits per heavy atom. The summed E-state index contributed by atoms with van der Waals surface area (Å²) in [6.45, 7) is 5.67. The van der Waals surface area contributed by atoms with E-state index in [0.717, 1.165) is 6.08 Å². The lowest BCUT2D eigenvalue weighted by Crippen LogP contribution is -2.36. The monoisotopic (exact) mass is 230 g/mol. The minimum Gasteiger partial charge on any atom is -0.447 e. The van der Waals surface area contributed by atoms with Crippen molar-refractivity contribution < 1.29 is 28.5 Å². The lowest BCUT2D eigenvalue weighted by atomic mass is 10.4. The van der Waals surface area contributed by atoms with E-state index < -0.39 is 24.3 Å². The van der Waals surface area contributed by atoms with Crippen molar-refractivity contribution in [2.45, 2.75) is 19.3 Å². The fourth-order valence-corrected chi connectivity index (χ4v) is 1.03. The number of rotatable bonds is 4. The Bertz CT molecular complexity index is 268. The molecule has 1 aliphatic heterocycles. The Morgan fingerprint density at radius 1 is 1.50 bits per heavy atom. The van der Waals surface area contributed by atoms with Crippen molar-refractivity contribution in [3.05, 3.63) is 12.7 Å². The van der Waals surface area contributed by atoms with Crippen LogP contribution in [0.3, 0.4) is 0 Å². The first-order chi connectivity index (χ1) is 7.63. The molecule has 0 bridgehead atoms. The average Bonchev–Trinajstić information content (AvgIpc) is 2.30. The van der Waals surface area contributed by atoms with Crippen LogP contribution in [0, 0.1) is 0 Å². The zero-order valence-electron chi connectivity index (χ0n) is 9.01. The number of carbonyl (C=O) groups is 2. The molecule has 0 aliphatic carbocycles. The van der Waals surface area contributed by atoms with Gasteiger partial charge in [0.2, 0.25) is 6.29 Å². The molecule has 2 atom stereocenters. The van der Waals surface area contributed by atoms with Crippen LogP contribution in [-0.2, 0) is 28.5 Å². The normalized spacial score (nSPS) is 21.9. The van der Waals surface area contributed by atoms with Crippen LogP contribution in [0.15, 0.2) is 12.7 Å². The summed E-state index contributed by atoms with van der Waals surface area (Å²) in [6, 6.07) is 0. The maximum atomic E-state index is 11.4. The van der Waals surface area contributed by atoms with E-state index in [2.05, 4.69) is 11.3 Å². The van der Waals surface area contributed by atoms with Crippen LogP contribution in [0.5, 0.6) is 0 Å². The Labute approximate surface area is 93.1 Å². The molecule has 2 unspecified atom stereocenters. The van der Waals surface area contributed by atoms with Gasteiger partial charge in [-0.25, -0.2) is 9.59 Å². The van der Waals surface area contributed by atoms with E-state index in [4.69, 9.17) is 14.2 Å². The average molecular weight is 230 g/mol. The van der Waals surface area contributed by atoms with Gasteiger partial charge >= 0.3 is 11.9 Å². The molecule has 0 spiro atoms. The van der Waals surface area contributed by atoms with E-state index in [-0.39, 0.29) is 6.61 Å². The molecule has 1 aliphatic rings. The van der Waals surface area contributed by atoms with Gasteiger partial charge in [0, 0.05) is 6.08 Å². The largest absolute Gasteiger partial charge is 0.447 e. The third kappa shape index (κ3) is 4.00. The first-order valence-corrected chi connectivity index (χ1v) is 4.86. The van der Waals surface area contributed by atoms with Crippen LogP contribution >= 0.6 is 0 Å². The molecule has 0 aromatic rings. The number of ether oxygens (including phenoxy) is 4. The minimum absolute atomic E-state index is 0.188. The van der Waals surface area contributed by atoms with Gasteiger partial charge in [-0.1, -0.05) is 6.58 Å². The summed E-state index contributed by atoms with van der Waals surface area (Å²) in [5, 5.41) is 0. The second-order valence-electron chi connectivity index (χ2n) is 3.10. The Balaban J connectivity index is 2.32. The van der Waals surface area contributed by atoms with Crippen LogP contribution in [0.1, 0.15) is 6.92 Å². The molecule has 0 aromatic heterocycles. The summed E-state index contributed by atoms with van der Waals surface area (Å²) in [7, 11) is 0. The van der Waals surface area contributed by atoms with Crippen LogP contribution in [0.25, 0.3) is 0 Å². The molecule has 0 aromatic carbocycles. The highest BCUT2D eigenvalue weighted by atomic mass is 16.7. The van der Waals surface area contributed by atoms with Crippen LogP contribution < -0.4 is 0 Å². The molecule has 1 rings (SSSR count). The molecule has 1 fully saturated rings. The standard InChI is InChI=1S/C10H14O6/c1-3-8(11)15-7(2)10(12)16-9-6-13-4-5-14-9/h3,7,9H,1,4-6H2,2H3. The quantitative estimate of drug-likeness (QED) is 0.501. The number of carbonyl (C=O) groups excluding carboxylic acids is 2. The van der Waals surface area contributed by atoms with Crippen LogP contribution in [0.4, 0.5) is 0 Å². The Hall–Kier alpha value is -1.40. The molecule has 0 radical (unpaired) electrons. The van der Waals surface area contributed by atoms with Crippen LogP contribution in [0.2, 0.25) is 0 Å². The smallest absolute Gasteiger partial charge is 0.349 e. The molecule has 0 N–H and O–H groups in total. The molecule has 90 valence electrons. The number of hydrogen-bond acceptors (Lipinski definition) is 6. The van der Waals surface area contributed by atoms with E-state index in [9.17, 15) is 9.59 Å². The third-order valence-electron chi connectivity index (χ3n) is 1.82. The van der Waals surface area contributed by atoms with Crippen molar-refractivity contribution in [2.24, 2.45) is 0 Å². The third-order valence-corrected chi connectivity index (χ3v) is 1.82. The molecular weight excluding hydrogens is 216 g/mol. The molecule has 0 saturated carbocycles. The lowest BCUT2D eigenvalue weighted by Gasteiger charge is -2.23. The molecule has 6 heteroatoms. The minimum atomic E-state index is -0.990. The van der Waals surface area contributed by atoms with Crippen molar-refractivity contribution >= 4 is 11.9 Å². The fraction of sp³-hybridized carbons (Fsp3) is 0.600. The second-order valence-corrected chi connectivity index (χ2v) is 3.10. The van der Waals surface area contributed by atoms with Gasteiger partial charge in [0.1, 0.15) is 6.61 Å². The van der Waals surface area contributed by atoms with Crippen molar-refractivity contribution in [2.75, 3.05) is 19.8 Å². The predicted octanol–water partition coefficient (Wildman–Crippen LogP) is 0.0202. The molecular formula is C10H14O6.